The number of rotatable bonds is 2. The monoisotopic (exact) mass is 455 g/mol. The molecule has 0 radical (unpaired) electrons. The Hall–Kier alpha value is -3.92. The largest absolute Gasteiger partial charge is 0.507 e. The number of allylic oxidation sites excluding steroid dienone is 2. The molecule has 8 heteroatoms. The number of aromatic hydroxyl groups is 1. The van der Waals surface area contributed by atoms with E-state index in [1.54, 1.807) is 12.1 Å². The van der Waals surface area contributed by atoms with Gasteiger partial charge in [-0.05, 0) is 18.2 Å². The number of benzene rings is 2. The highest BCUT2D eigenvalue weighted by molar-refractivity contribution is 6.31. The van der Waals surface area contributed by atoms with Crippen molar-refractivity contribution in [2.75, 3.05) is 11.9 Å². The fourth-order valence-corrected chi connectivity index (χ4v) is 5.40. The molecule has 6 rings (SSSR count). The quantitative estimate of drug-likeness (QED) is 0.210. The van der Waals surface area contributed by atoms with Crippen molar-refractivity contribution in [3.8, 4) is 29.4 Å². The number of fused-ring (bicyclic) bond motifs is 4. The number of nitrogens with one attached hydrogen (secondary N) is 1. The van der Waals surface area contributed by atoms with Crippen LogP contribution in [0.2, 0.25) is 0 Å². The summed E-state index contributed by atoms with van der Waals surface area (Å²) >= 11 is 0. The van der Waals surface area contributed by atoms with E-state index in [9.17, 15) is 30.0 Å². The summed E-state index contributed by atoms with van der Waals surface area (Å²) in [5.74, 6) is 9.52. The maximum absolute atomic E-state index is 13.6. The number of hydrogen-bond donors (Lipinski definition) is 5. The third-order valence-electron chi connectivity index (χ3n) is 6.91. The van der Waals surface area contributed by atoms with Gasteiger partial charge in [0.1, 0.15) is 17.9 Å². The highest BCUT2D eigenvalue weighted by Crippen LogP contribution is 2.67. The van der Waals surface area contributed by atoms with Crippen molar-refractivity contribution in [3.63, 3.8) is 0 Å². The number of aliphatic hydroxyl groups excluding tert-OH is 3. The van der Waals surface area contributed by atoms with Gasteiger partial charge in [-0.15, -0.1) is 0 Å². The zero-order valence-electron chi connectivity index (χ0n) is 17.5. The van der Waals surface area contributed by atoms with E-state index in [4.69, 9.17) is 4.74 Å². The van der Waals surface area contributed by atoms with Gasteiger partial charge in [0.2, 0.25) is 0 Å². The Kier molecular flexibility index (Phi) is 4.13. The smallest absolute Gasteiger partial charge is 0.198 e. The van der Waals surface area contributed by atoms with Crippen molar-refractivity contribution in [2.24, 2.45) is 0 Å². The highest BCUT2D eigenvalue weighted by atomic mass is 16.7. The van der Waals surface area contributed by atoms with E-state index < -0.39 is 53.4 Å². The molecule has 0 spiro atoms. The Morgan fingerprint density at radius 2 is 1.71 bits per heavy atom. The summed E-state index contributed by atoms with van der Waals surface area (Å²) in [6.07, 6.45) is -0.0860. The number of phenolic OH excluding ortho intramolecular Hbond substituents is 1. The lowest BCUT2D eigenvalue weighted by atomic mass is 9.69. The topological polar surface area (TPSA) is 140 Å². The molecule has 168 valence electrons. The number of epoxide rings is 1. The number of carbonyl (C=O) groups excluding carboxylic acids is 2. The summed E-state index contributed by atoms with van der Waals surface area (Å²) < 4.78 is 6.05. The average molecular weight is 455 g/mol. The number of hydrogen-bond acceptors (Lipinski definition) is 8. The van der Waals surface area contributed by atoms with Crippen molar-refractivity contribution in [1.29, 1.82) is 0 Å². The van der Waals surface area contributed by atoms with Gasteiger partial charge in [0.15, 0.2) is 28.9 Å². The van der Waals surface area contributed by atoms with Crippen LogP contribution in [0.3, 0.4) is 0 Å². The number of phenols is 1. The van der Waals surface area contributed by atoms with Crippen LogP contribution in [0.25, 0.3) is 0 Å². The van der Waals surface area contributed by atoms with Crippen molar-refractivity contribution in [1.82, 2.24) is 0 Å². The molecule has 0 amide bonds. The van der Waals surface area contributed by atoms with Gasteiger partial charge < -0.3 is 30.5 Å². The number of ether oxygens (including phenoxy) is 1. The Morgan fingerprint density at radius 1 is 1.06 bits per heavy atom. The zero-order valence-corrected chi connectivity index (χ0v) is 17.5. The third kappa shape index (κ3) is 2.28. The molecule has 2 aromatic rings. The Morgan fingerprint density at radius 3 is 2.38 bits per heavy atom. The summed E-state index contributed by atoms with van der Waals surface area (Å²) in [5, 5.41) is 45.8. The molecule has 4 aliphatic rings. The van der Waals surface area contributed by atoms with Crippen LogP contribution in [0.5, 0.6) is 5.75 Å². The highest BCUT2D eigenvalue weighted by Gasteiger charge is 2.83. The minimum atomic E-state index is -1.72. The molecule has 0 unspecified atom stereocenters. The number of anilines is 1. The van der Waals surface area contributed by atoms with Crippen LogP contribution < -0.4 is 5.32 Å². The summed E-state index contributed by atoms with van der Waals surface area (Å²) in [4.78, 5) is 26.8. The van der Waals surface area contributed by atoms with Crippen molar-refractivity contribution in [2.45, 2.75) is 29.5 Å². The number of ketones is 2. The fraction of sp³-hybridized carbons (Fsp3) is 0.231. The molecule has 2 aromatic carbocycles. The van der Waals surface area contributed by atoms with E-state index in [-0.39, 0.29) is 33.5 Å². The Balaban J connectivity index is 1.68. The van der Waals surface area contributed by atoms with Crippen LogP contribution in [0.4, 0.5) is 5.69 Å². The van der Waals surface area contributed by atoms with E-state index in [0.717, 1.165) is 0 Å². The third-order valence-corrected chi connectivity index (χ3v) is 6.91. The minimum absolute atomic E-state index is 0.0692. The van der Waals surface area contributed by atoms with Gasteiger partial charge in [-0.1, -0.05) is 47.9 Å². The van der Waals surface area contributed by atoms with Gasteiger partial charge in [0.25, 0.3) is 0 Å². The first-order valence-corrected chi connectivity index (χ1v) is 10.6. The number of aliphatic hydroxyl groups is 3. The molecule has 2 aliphatic heterocycles. The summed E-state index contributed by atoms with van der Waals surface area (Å²) in [6.45, 7) is -0.700. The molecule has 5 atom stereocenters. The van der Waals surface area contributed by atoms with Crippen LogP contribution >= 0.6 is 0 Å². The molecule has 34 heavy (non-hydrogen) atoms. The molecule has 2 heterocycles. The number of carbonyl (C=O) groups is 2. The van der Waals surface area contributed by atoms with Crippen LogP contribution in [0.1, 0.15) is 37.4 Å². The molecule has 1 fully saturated rings. The van der Waals surface area contributed by atoms with E-state index in [1.165, 1.54) is 30.4 Å². The lowest BCUT2D eigenvalue weighted by molar-refractivity contribution is 0.0234. The molecule has 2 aliphatic carbocycles. The summed E-state index contributed by atoms with van der Waals surface area (Å²) in [5.41, 5.74) is -2.93. The molecule has 5 N–H and O–H groups in total. The van der Waals surface area contributed by atoms with Gasteiger partial charge in [0, 0.05) is 16.7 Å². The van der Waals surface area contributed by atoms with Gasteiger partial charge >= 0.3 is 0 Å². The molecular weight excluding hydrogens is 438 g/mol. The zero-order chi connectivity index (χ0) is 23.8. The van der Waals surface area contributed by atoms with Crippen LogP contribution in [-0.2, 0) is 10.3 Å². The van der Waals surface area contributed by atoms with Gasteiger partial charge in [-0.2, -0.15) is 0 Å². The van der Waals surface area contributed by atoms with E-state index in [2.05, 4.69) is 29.0 Å². The fourth-order valence-electron chi connectivity index (χ4n) is 5.40. The second kappa shape index (κ2) is 6.80. The molecule has 1 saturated heterocycles. The lowest BCUT2D eigenvalue weighted by Gasteiger charge is -2.38. The van der Waals surface area contributed by atoms with Gasteiger partial charge in [-0.25, -0.2) is 0 Å². The van der Waals surface area contributed by atoms with Gasteiger partial charge in [-0.3, -0.25) is 9.59 Å². The molecule has 0 aromatic heterocycles. The van der Waals surface area contributed by atoms with Crippen LogP contribution in [0.15, 0.2) is 42.5 Å². The van der Waals surface area contributed by atoms with Crippen molar-refractivity contribution in [3.05, 3.63) is 70.3 Å². The first-order chi connectivity index (χ1) is 16.4. The second-order valence-corrected chi connectivity index (χ2v) is 8.49. The maximum atomic E-state index is 13.6. The first kappa shape index (κ1) is 20.7. The van der Waals surface area contributed by atoms with Crippen molar-refractivity contribution >= 4 is 17.3 Å². The van der Waals surface area contributed by atoms with E-state index >= 15 is 0 Å². The SMILES string of the molecule is O=C1c2ccccc2C(=O)c2c3c(cc(O)c21)[C@@]12O[C@@]1([C@H](O)CO)[C@H](C#CC=CC#C[C@H]2O)N3. The van der Waals surface area contributed by atoms with E-state index in [0.29, 0.717) is 0 Å². The minimum Gasteiger partial charge on any atom is -0.507 e. The van der Waals surface area contributed by atoms with E-state index in [1.807, 2.05) is 0 Å². The van der Waals surface area contributed by atoms with Gasteiger partial charge in [0.05, 0.1) is 23.4 Å². The second-order valence-electron chi connectivity index (χ2n) is 8.49. The summed E-state index contributed by atoms with van der Waals surface area (Å²) in [7, 11) is 0. The molecule has 2 bridgehead atoms. The predicted octanol–water partition coefficient (Wildman–Crippen LogP) is 0.217. The van der Waals surface area contributed by atoms with Crippen LogP contribution in [-0.4, -0.2) is 62.5 Å². The summed E-state index contributed by atoms with van der Waals surface area (Å²) in [6, 6.07) is 6.56. The molecule has 8 nitrogen and oxygen atoms in total. The van der Waals surface area contributed by atoms with Crippen molar-refractivity contribution < 1.29 is 34.8 Å². The normalized spacial score (nSPS) is 30.1. The Labute approximate surface area is 193 Å². The van der Waals surface area contributed by atoms with Crippen LogP contribution in [0, 0.1) is 23.7 Å². The first-order valence-electron chi connectivity index (χ1n) is 10.6. The predicted molar refractivity (Wildman–Crippen MR) is 118 cm³/mol. The molecule has 0 saturated carbocycles. The average Bonchev–Trinajstić information content (AvgIpc) is 3.57. The lowest BCUT2D eigenvalue weighted by Crippen LogP contribution is -2.56. The maximum Gasteiger partial charge on any atom is 0.198 e. The Bertz CT molecular complexity index is 1470. The molecular formula is C26H17NO7. The standard InChI is InChI=1S/C26H17NO7/c28-12-19(31)26-17-9-3-1-2-4-10-18(30)25(26,34-26)15-11-16(29)20-21(22(15)27-17)24(33)14-8-6-5-7-13(14)23(20)32/h1-2,5-8,11,17-19,27-31H,12H2/t17-,18+,19+,25-,26+/m0/s1.